The van der Waals surface area contributed by atoms with E-state index in [0.29, 0.717) is 0 Å². The van der Waals surface area contributed by atoms with Crippen LogP contribution in [-0.4, -0.2) is 22.5 Å². The van der Waals surface area contributed by atoms with Crippen LogP contribution in [0.25, 0.3) is 0 Å². The summed E-state index contributed by atoms with van der Waals surface area (Å²) in [6, 6.07) is 0. The van der Waals surface area contributed by atoms with E-state index in [2.05, 4.69) is 0 Å². The van der Waals surface area contributed by atoms with Crippen LogP contribution >= 0.6 is 21.8 Å². The van der Waals surface area contributed by atoms with Crippen molar-refractivity contribution in [1.29, 1.82) is 0 Å². The van der Waals surface area contributed by atoms with Gasteiger partial charge in [0, 0.05) is 0 Å². The Hall–Kier alpha value is -0.910. The molecule has 0 spiro atoms. The summed E-state index contributed by atoms with van der Waals surface area (Å²) in [5.74, 6) is -0.544. The molecule has 2 aliphatic rings. The molecule has 0 aromatic heterocycles. The van der Waals surface area contributed by atoms with E-state index >= 15 is 0 Å². The van der Waals surface area contributed by atoms with Gasteiger partial charge < -0.3 is 9.84 Å². The SMILES string of the molecule is COC(=O)C(O)([SH]1C=CC=C1)[SH]1C=CC=C1. The Morgan fingerprint density at radius 1 is 1.06 bits per heavy atom. The molecular weight excluding hydrogens is 244 g/mol. The van der Waals surface area contributed by atoms with Gasteiger partial charge in [0.15, 0.2) is 0 Å². The molecule has 0 amide bonds. The molecular formula is C11H14O3S2. The molecule has 0 aromatic carbocycles. The van der Waals surface area contributed by atoms with Gasteiger partial charge in [-0.1, -0.05) is 24.3 Å². The molecule has 2 aliphatic heterocycles. The maximum absolute atomic E-state index is 11.8. The van der Waals surface area contributed by atoms with Crippen molar-refractivity contribution in [2.75, 3.05) is 7.11 Å². The Bertz CT molecular complexity index is 357. The zero-order valence-corrected chi connectivity index (χ0v) is 10.6. The third-order valence-electron chi connectivity index (χ3n) is 2.39. The van der Waals surface area contributed by atoms with Crippen molar-refractivity contribution in [3.63, 3.8) is 0 Å². The number of ether oxygens (including phenoxy) is 1. The summed E-state index contributed by atoms with van der Waals surface area (Å²) in [6.07, 6.45) is 7.44. The van der Waals surface area contributed by atoms with Gasteiger partial charge in [0.25, 0.3) is 0 Å². The van der Waals surface area contributed by atoms with Gasteiger partial charge in [0.2, 0.25) is 4.27 Å². The number of carbonyl (C=O) groups excluding carboxylic acids is 1. The monoisotopic (exact) mass is 258 g/mol. The molecule has 2 heterocycles. The van der Waals surface area contributed by atoms with Crippen LogP contribution < -0.4 is 0 Å². The molecule has 5 heteroatoms. The molecule has 0 saturated carbocycles. The molecule has 3 nitrogen and oxygen atoms in total. The van der Waals surface area contributed by atoms with E-state index in [-0.39, 0.29) is 0 Å². The number of methoxy groups -OCH3 is 1. The van der Waals surface area contributed by atoms with Crippen molar-refractivity contribution >= 4 is 27.8 Å². The van der Waals surface area contributed by atoms with Crippen LogP contribution in [-0.2, 0) is 9.53 Å². The van der Waals surface area contributed by atoms with Crippen LogP contribution in [0.15, 0.2) is 45.9 Å². The van der Waals surface area contributed by atoms with E-state index in [1.807, 2.05) is 45.9 Å². The van der Waals surface area contributed by atoms with Crippen molar-refractivity contribution in [3.05, 3.63) is 45.9 Å². The second-order valence-electron chi connectivity index (χ2n) is 3.31. The molecule has 0 atom stereocenters. The van der Waals surface area contributed by atoms with Crippen LogP contribution in [0.1, 0.15) is 0 Å². The number of hydrogen-bond donors (Lipinski definition) is 3. The molecule has 0 bridgehead atoms. The molecule has 0 radical (unpaired) electrons. The molecule has 16 heavy (non-hydrogen) atoms. The van der Waals surface area contributed by atoms with Crippen molar-refractivity contribution in [3.8, 4) is 0 Å². The highest BCUT2D eigenvalue weighted by molar-refractivity contribution is 8.40. The van der Waals surface area contributed by atoms with Crippen molar-refractivity contribution in [2.45, 2.75) is 4.27 Å². The maximum Gasteiger partial charge on any atom is 0.357 e. The summed E-state index contributed by atoms with van der Waals surface area (Å²) in [5.41, 5.74) is 0. The average molecular weight is 258 g/mol. The smallest absolute Gasteiger partial charge is 0.357 e. The first-order chi connectivity index (χ1) is 7.69. The minimum atomic E-state index is -1.41. The molecule has 0 aromatic rings. The molecule has 0 fully saturated rings. The summed E-state index contributed by atoms with van der Waals surface area (Å²) >= 11 is 0. The van der Waals surface area contributed by atoms with Crippen LogP contribution in [0.4, 0.5) is 0 Å². The van der Waals surface area contributed by atoms with Crippen LogP contribution in [0.2, 0.25) is 0 Å². The summed E-state index contributed by atoms with van der Waals surface area (Å²) < 4.78 is 3.34. The summed E-state index contributed by atoms with van der Waals surface area (Å²) in [6.45, 7) is 0. The zero-order valence-electron chi connectivity index (χ0n) is 8.78. The highest BCUT2D eigenvalue weighted by Gasteiger charge is 2.45. The number of hydrogen-bond acceptors (Lipinski definition) is 3. The van der Waals surface area contributed by atoms with Gasteiger partial charge in [-0.25, -0.2) is 4.79 Å². The Balaban J connectivity index is 2.35. The minimum absolute atomic E-state index is 0.544. The van der Waals surface area contributed by atoms with E-state index in [1.165, 1.54) is 7.11 Å². The first-order valence-corrected chi connectivity index (χ1v) is 7.73. The topological polar surface area (TPSA) is 46.5 Å². The van der Waals surface area contributed by atoms with Gasteiger partial charge in [0.05, 0.1) is 7.11 Å². The van der Waals surface area contributed by atoms with Crippen molar-refractivity contribution < 1.29 is 14.6 Å². The first-order valence-electron chi connectivity index (χ1n) is 4.77. The van der Waals surface area contributed by atoms with Crippen molar-refractivity contribution in [1.82, 2.24) is 0 Å². The predicted molar refractivity (Wildman–Crippen MR) is 71.5 cm³/mol. The molecule has 0 saturated heterocycles. The second kappa shape index (κ2) is 4.53. The molecule has 2 rings (SSSR count). The van der Waals surface area contributed by atoms with E-state index in [9.17, 15) is 9.90 Å². The Labute approximate surface area is 99.9 Å². The zero-order chi connectivity index (χ0) is 11.6. The Morgan fingerprint density at radius 3 is 1.75 bits per heavy atom. The number of carbonyl (C=O) groups is 1. The van der Waals surface area contributed by atoms with Gasteiger partial charge in [-0.05, 0) is 21.6 Å². The van der Waals surface area contributed by atoms with Gasteiger partial charge in [-0.15, -0.1) is 0 Å². The van der Waals surface area contributed by atoms with Crippen LogP contribution in [0.5, 0.6) is 0 Å². The van der Waals surface area contributed by atoms with Crippen molar-refractivity contribution in [2.24, 2.45) is 0 Å². The molecule has 0 aliphatic carbocycles. The number of rotatable bonds is 3. The number of esters is 1. The fraction of sp³-hybridized carbons (Fsp3) is 0.182. The lowest BCUT2D eigenvalue weighted by molar-refractivity contribution is -0.147. The second-order valence-corrected chi connectivity index (χ2v) is 7.78. The lowest BCUT2D eigenvalue weighted by atomic mass is 10.6. The number of aliphatic hydroxyl groups is 1. The fourth-order valence-electron chi connectivity index (χ4n) is 1.57. The van der Waals surface area contributed by atoms with Gasteiger partial charge in [0.1, 0.15) is 0 Å². The van der Waals surface area contributed by atoms with Gasteiger partial charge >= 0.3 is 5.97 Å². The van der Waals surface area contributed by atoms with Gasteiger partial charge in [-0.2, -0.15) is 21.8 Å². The largest absolute Gasteiger partial charge is 0.466 e. The van der Waals surface area contributed by atoms with Crippen LogP contribution in [0, 0.1) is 0 Å². The fourth-order valence-corrected chi connectivity index (χ4v) is 6.21. The lowest BCUT2D eigenvalue weighted by Crippen LogP contribution is -2.36. The third-order valence-corrected chi connectivity index (χ3v) is 7.55. The predicted octanol–water partition coefficient (Wildman–Crippen LogP) is 1.89. The molecule has 1 N–H and O–H groups in total. The van der Waals surface area contributed by atoms with E-state index in [4.69, 9.17) is 4.74 Å². The summed E-state index contributed by atoms with van der Waals surface area (Å²) in [4.78, 5) is 11.8. The van der Waals surface area contributed by atoms with E-state index in [1.54, 1.807) is 0 Å². The minimum Gasteiger partial charge on any atom is -0.466 e. The lowest BCUT2D eigenvalue weighted by Gasteiger charge is -2.37. The standard InChI is InChI=1S/C11H14O3S2/c1-14-10(12)11(13,15-6-2-3-7-15)16-8-4-5-9-16/h2-9,13,15-16H,1H3. The normalized spacial score (nSPS) is 22.1. The molecule has 0 unspecified atom stereocenters. The maximum atomic E-state index is 11.8. The van der Waals surface area contributed by atoms with E-state index in [0.717, 1.165) is 0 Å². The van der Waals surface area contributed by atoms with Crippen LogP contribution in [0.3, 0.4) is 0 Å². The summed E-state index contributed by atoms with van der Waals surface area (Å²) in [7, 11) is -0.691. The highest BCUT2D eigenvalue weighted by Crippen LogP contribution is 2.60. The third kappa shape index (κ3) is 1.75. The Kier molecular flexibility index (Phi) is 3.28. The quantitative estimate of drug-likeness (QED) is 0.535. The highest BCUT2D eigenvalue weighted by atomic mass is 32.3. The van der Waals surface area contributed by atoms with Gasteiger partial charge in [-0.3, -0.25) is 0 Å². The first kappa shape index (κ1) is 11.6. The van der Waals surface area contributed by atoms with E-state index < -0.39 is 32.0 Å². The summed E-state index contributed by atoms with van der Waals surface area (Å²) in [5, 5.41) is 18.2. The number of thiol groups is 2. The molecule has 88 valence electrons. The average Bonchev–Trinajstić information content (AvgIpc) is 2.98. The Morgan fingerprint density at radius 2 is 1.44 bits per heavy atom. The number of allylic oxidation sites excluding steroid dienone is 4.